The molecular formula is C40H40N6O6S2. The van der Waals surface area contributed by atoms with Crippen LogP contribution in [0.1, 0.15) is 21.5 Å². The van der Waals surface area contributed by atoms with Crippen LogP contribution >= 0.6 is 0 Å². The topological polar surface area (TPSA) is 147 Å². The molecule has 4 heterocycles. The molecule has 1 amide bonds. The van der Waals surface area contributed by atoms with Crippen LogP contribution < -0.4 is 0 Å². The number of aromatic nitrogens is 1. The molecule has 3 aliphatic rings. The van der Waals surface area contributed by atoms with E-state index in [0.29, 0.717) is 80.5 Å². The van der Waals surface area contributed by atoms with Crippen molar-refractivity contribution in [3.8, 4) is 39.4 Å². The van der Waals surface area contributed by atoms with E-state index in [4.69, 9.17) is 0 Å². The first-order chi connectivity index (χ1) is 25.9. The summed E-state index contributed by atoms with van der Waals surface area (Å²) in [6.45, 7) is 4.64. The van der Waals surface area contributed by atoms with E-state index in [-0.39, 0.29) is 21.2 Å². The molecule has 2 fully saturated rings. The number of carbonyl (C=O) groups excluding carboxylic acids is 1. The molecule has 1 aromatic heterocycles. The highest BCUT2D eigenvalue weighted by molar-refractivity contribution is 7.89. The lowest BCUT2D eigenvalue weighted by Gasteiger charge is -2.31. The Morgan fingerprint density at radius 2 is 0.870 bits per heavy atom. The average Bonchev–Trinajstić information content (AvgIpc) is 3.72. The molecule has 5 aromatic rings. The molecule has 0 atom stereocenters. The van der Waals surface area contributed by atoms with Crippen molar-refractivity contribution < 1.29 is 26.7 Å². The molecule has 54 heavy (non-hydrogen) atoms. The zero-order chi connectivity index (χ0) is 37.8. The molecule has 3 aliphatic heterocycles. The SMILES string of the molecule is CN1CCN(S(=O)(=O)c2ccc(-c3ccc(C4=NC(=O)c5c(-c6ccc(-c7ccc(S(=O)(=O)N8CCN(C)CC8)cc7)cc6)[nH]c(O)c54)cc3)cc2)CC1. The van der Waals surface area contributed by atoms with Crippen molar-refractivity contribution in [1.82, 2.24) is 23.4 Å². The molecule has 2 N–H and O–H groups in total. The minimum atomic E-state index is -3.57. The van der Waals surface area contributed by atoms with Gasteiger partial charge < -0.3 is 19.9 Å². The van der Waals surface area contributed by atoms with E-state index in [1.807, 2.05) is 62.6 Å². The molecule has 4 aromatic carbocycles. The number of nitrogens with zero attached hydrogens (tertiary/aromatic N) is 5. The maximum absolute atomic E-state index is 13.3. The number of sulfonamides is 2. The van der Waals surface area contributed by atoms with Gasteiger partial charge >= 0.3 is 0 Å². The summed E-state index contributed by atoms with van der Waals surface area (Å²) in [5.74, 6) is -0.624. The van der Waals surface area contributed by atoms with E-state index < -0.39 is 26.0 Å². The van der Waals surface area contributed by atoms with Gasteiger partial charge in [-0.15, -0.1) is 0 Å². The van der Waals surface area contributed by atoms with Gasteiger partial charge in [0.25, 0.3) is 5.91 Å². The van der Waals surface area contributed by atoms with Gasteiger partial charge in [-0.1, -0.05) is 72.8 Å². The number of aromatic hydroxyl groups is 1. The predicted octanol–water partition coefficient (Wildman–Crippen LogP) is 4.58. The van der Waals surface area contributed by atoms with Crippen LogP contribution in [0.5, 0.6) is 5.88 Å². The molecule has 12 nitrogen and oxygen atoms in total. The zero-order valence-electron chi connectivity index (χ0n) is 29.9. The molecule has 0 saturated carbocycles. The number of benzene rings is 4. The smallest absolute Gasteiger partial charge is 0.280 e. The van der Waals surface area contributed by atoms with Gasteiger partial charge in [0, 0.05) is 57.9 Å². The summed E-state index contributed by atoms with van der Waals surface area (Å²) in [4.78, 5) is 25.3. The van der Waals surface area contributed by atoms with E-state index in [1.165, 1.54) is 8.61 Å². The summed E-state index contributed by atoms with van der Waals surface area (Å²) in [6.07, 6.45) is 0. The van der Waals surface area contributed by atoms with Crippen LogP contribution in [0, 0.1) is 0 Å². The van der Waals surface area contributed by atoms with Crippen LogP contribution in [0.4, 0.5) is 0 Å². The molecule has 0 radical (unpaired) electrons. The summed E-state index contributed by atoms with van der Waals surface area (Å²) in [7, 11) is -3.18. The Balaban J connectivity index is 0.978. The van der Waals surface area contributed by atoms with Crippen molar-refractivity contribution in [3.63, 3.8) is 0 Å². The number of likely N-dealkylation sites (N-methyl/N-ethyl adjacent to an activating group) is 2. The van der Waals surface area contributed by atoms with Gasteiger partial charge in [0.15, 0.2) is 5.88 Å². The highest BCUT2D eigenvalue weighted by Crippen LogP contribution is 2.39. The van der Waals surface area contributed by atoms with Crippen LogP contribution in [-0.4, -0.2) is 123 Å². The van der Waals surface area contributed by atoms with Gasteiger partial charge in [-0.25, -0.2) is 21.8 Å². The lowest BCUT2D eigenvalue weighted by atomic mass is 9.97. The molecule has 14 heteroatoms. The van der Waals surface area contributed by atoms with Gasteiger partial charge in [-0.05, 0) is 66.2 Å². The molecular weight excluding hydrogens is 725 g/mol. The summed E-state index contributed by atoms with van der Waals surface area (Å²) in [6, 6.07) is 28.6. The van der Waals surface area contributed by atoms with Crippen molar-refractivity contribution in [2.24, 2.45) is 4.99 Å². The van der Waals surface area contributed by atoms with Crippen LogP contribution in [0.25, 0.3) is 33.5 Å². The van der Waals surface area contributed by atoms with Crippen LogP contribution in [0.3, 0.4) is 0 Å². The Bertz CT molecular complexity index is 2460. The normalized spacial score (nSPS) is 17.8. The number of rotatable bonds is 8. The first kappa shape index (κ1) is 36.0. The molecule has 0 aliphatic carbocycles. The maximum atomic E-state index is 13.3. The van der Waals surface area contributed by atoms with Crippen molar-refractivity contribution in [1.29, 1.82) is 0 Å². The average molecular weight is 765 g/mol. The second kappa shape index (κ2) is 14.0. The van der Waals surface area contributed by atoms with Gasteiger partial charge in [0.1, 0.15) is 0 Å². The Kier molecular flexibility index (Phi) is 9.36. The third-order valence-corrected chi connectivity index (χ3v) is 14.4. The lowest BCUT2D eigenvalue weighted by molar-refractivity contribution is 0.101. The van der Waals surface area contributed by atoms with Crippen LogP contribution in [-0.2, 0) is 20.0 Å². The monoisotopic (exact) mass is 764 g/mol. The molecule has 2 saturated heterocycles. The summed E-state index contributed by atoms with van der Waals surface area (Å²) in [5.41, 5.74) is 6.17. The minimum absolute atomic E-state index is 0.160. The number of H-pyrrole nitrogens is 1. The number of hydrogen-bond donors (Lipinski definition) is 2. The summed E-state index contributed by atoms with van der Waals surface area (Å²) < 4.78 is 55.7. The first-order valence-electron chi connectivity index (χ1n) is 17.8. The molecule has 0 bridgehead atoms. The standard InChI is InChI=1S/C40H40N6O6S2/c1-43-19-23-45(24-20-43)53(49,50)33-15-11-29(12-16-33)27-3-7-31(8-4-27)37-35-36(40(48)41-37)38(42-39(35)47)32-9-5-28(6-10-32)30-13-17-34(18-14-30)54(51,52)46-25-21-44(2)22-26-46/h3-18,41,48H,19-26H2,1-2H3. The summed E-state index contributed by atoms with van der Waals surface area (Å²) >= 11 is 0. The zero-order valence-corrected chi connectivity index (χ0v) is 31.6. The van der Waals surface area contributed by atoms with Gasteiger partial charge in [-0.3, -0.25) is 4.79 Å². The molecule has 278 valence electrons. The number of carbonyl (C=O) groups is 1. The maximum Gasteiger partial charge on any atom is 0.280 e. The number of amides is 1. The van der Waals surface area contributed by atoms with E-state index in [2.05, 4.69) is 19.8 Å². The van der Waals surface area contributed by atoms with E-state index in [9.17, 15) is 26.7 Å². The van der Waals surface area contributed by atoms with Crippen LogP contribution in [0.2, 0.25) is 0 Å². The summed E-state index contributed by atoms with van der Waals surface area (Å²) in [5, 5.41) is 11.0. The number of aliphatic imine (C=N–C) groups is 1. The minimum Gasteiger partial charge on any atom is -0.494 e. The third-order valence-electron chi connectivity index (χ3n) is 10.6. The predicted molar refractivity (Wildman–Crippen MR) is 208 cm³/mol. The lowest BCUT2D eigenvalue weighted by Crippen LogP contribution is -2.46. The van der Waals surface area contributed by atoms with Crippen molar-refractivity contribution in [3.05, 3.63) is 114 Å². The molecule has 8 rings (SSSR count). The fourth-order valence-corrected chi connectivity index (χ4v) is 10.1. The van der Waals surface area contributed by atoms with Crippen molar-refractivity contribution >= 4 is 31.7 Å². The van der Waals surface area contributed by atoms with Crippen LogP contribution in [0.15, 0.2) is 112 Å². The highest BCUT2D eigenvalue weighted by atomic mass is 32.2. The largest absolute Gasteiger partial charge is 0.494 e. The Morgan fingerprint density at radius 3 is 1.28 bits per heavy atom. The molecule has 0 spiro atoms. The fraction of sp³-hybridized carbons (Fsp3) is 0.250. The highest BCUT2D eigenvalue weighted by Gasteiger charge is 2.34. The van der Waals surface area contributed by atoms with Crippen molar-refractivity contribution in [2.45, 2.75) is 9.79 Å². The Morgan fingerprint density at radius 1 is 0.519 bits per heavy atom. The number of hydrogen-bond acceptors (Lipinski definition) is 8. The van der Waals surface area contributed by atoms with E-state index in [0.717, 1.165) is 22.3 Å². The third kappa shape index (κ3) is 6.59. The fourth-order valence-electron chi connectivity index (χ4n) is 7.21. The number of fused-ring (bicyclic) bond motifs is 1. The number of piperazine rings is 2. The number of aromatic amines is 1. The Labute approximate surface area is 315 Å². The van der Waals surface area contributed by atoms with E-state index >= 15 is 0 Å². The second-order valence-corrected chi connectivity index (χ2v) is 17.9. The quantitative estimate of drug-likeness (QED) is 0.234. The first-order valence-corrected chi connectivity index (χ1v) is 20.7. The molecule has 0 unspecified atom stereocenters. The van der Waals surface area contributed by atoms with E-state index in [1.54, 1.807) is 48.5 Å². The number of nitrogens with one attached hydrogen (secondary N) is 1. The van der Waals surface area contributed by atoms with Gasteiger partial charge in [0.2, 0.25) is 20.0 Å². The second-order valence-electron chi connectivity index (χ2n) is 14.0. The van der Waals surface area contributed by atoms with Crippen molar-refractivity contribution in [2.75, 3.05) is 66.5 Å². The van der Waals surface area contributed by atoms with Gasteiger partial charge in [0.05, 0.1) is 32.3 Å². The van der Waals surface area contributed by atoms with Gasteiger partial charge in [-0.2, -0.15) is 8.61 Å². The Hall–Kier alpha value is -4.96.